The Morgan fingerprint density at radius 3 is 0.672 bits per heavy atom. The van der Waals surface area contributed by atoms with E-state index in [1.54, 1.807) is 0 Å². The van der Waals surface area contributed by atoms with E-state index in [9.17, 15) is 105 Å². The number of halogens is 24. The summed E-state index contributed by atoms with van der Waals surface area (Å²) in [5.41, 5.74) is -30.2. The van der Waals surface area contributed by atoms with Gasteiger partial charge >= 0.3 is 49.4 Å². The number of aromatic amines is 1. The lowest BCUT2D eigenvalue weighted by Crippen LogP contribution is -2.75. The van der Waals surface area contributed by atoms with Gasteiger partial charge in [-0.3, -0.25) is 0 Å². The molecule has 1 aromatic heterocycles. The summed E-state index contributed by atoms with van der Waals surface area (Å²) in [6.07, 6.45) is -50.9. The van der Waals surface area contributed by atoms with Crippen molar-refractivity contribution in [1.29, 1.82) is 0 Å². The first-order chi connectivity index (χ1) is 30.2. The molecule has 0 unspecified atom stereocenters. The highest BCUT2D eigenvalue weighted by atomic mass is 19.4. The summed E-state index contributed by atoms with van der Waals surface area (Å²) in [5.74, 6) is 0. The van der Waals surface area contributed by atoms with Crippen LogP contribution in [0.3, 0.4) is 0 Å². The first-order valence-electron chi connectivity index (χ1n) is 17.9. The van der Waals surface area contributed by atoms with Gasteiger partial charge in [0.15, 0.2) is 12.4 Å². The molecule has 0 bridgehead atoms. The highest BCUT2D eigenvalue weighted by Crippen LogP contribution is 2.41. The van der Waals surface area contributed by atoms with E-state index in [1.807, 2.05) is 24.5 Å². The zero-order valence-electron chi connectivity index (χ0n) is 32.1. The second-order valence-electron chi connectivity index (χ2n) is 14.5. The van der Waals surface area contributed by atoms with Crippen LogP contribution in [0.4, 0.5) is 105 Å². The number of benzene rings is 5. The molecule has 26 heteroatoms. The van der Waals surface area contributed by atoms with Crippen LogP contribution >= 0.6 is 0 Å². The van der Waals surface area contributed by atoms with E-state index in [2.05, 4.69) is 23.2 Å². The number of H-pyrrole nitrogens is 1. The van der Waals surface area contributed by atoms with E-state index in [1.165, 1.54) is 10.8 Å². The quantitative estimate of drug-likeness (QED) is 0.123. The normalized spacial score (nSPS) is 13.7. The molecule has 0 fully saturated rings. The summed E-state index contributed by atoms with van der Waals surface area (Å²) >= 11 is 0. The Balaban J connectivity index is 0.000000733. The van der Waals surface area contributed by atoms with Crippen molar-refractivity contribution in [2.75, 3.05) is 0 Å². The third kappa shape index (κ3) is 11.5. The summed E-state index contributed by atoms with van der Waals surface area (Å²) in [4.78, 5) is 3.04. The minimum Gasteiger partial charge on any atom is -0.217 e. The molecule has 0 aliphatic rings. The van der Waals surface area contributed by atoms with Gasteiger partial charge < -0.3 is 0 Å². The molecule has 67 heavy (non-hydrogen) atoms. The molecule has 6 aromatic rings. The number of hydrogen-bond acceptors (Lipinski definition) is 0. The number of nitrogens with one attached hydrogen (secondary N) is 1. The van der Waals surface area contributed by atoms with Crippen LogP contribution in [0.15, 0.2) is 116 Å². The lowest BCUT2D eigenvalue weighted by Gasteiger charge is -2.46. The lowest BCUT2D eigenvalue weighted by molar-refractivity contribution is -0.375. The van der Waals surface area contributed by atoms with Crippen molar-refractivity contribution in [2.45, 2.75) is 49.4 Å². The second kappa shape index (κ2) is 17.2. The van der Waals surface area contributed by atoms with E-state index in [0.717, 1.165) is 0 Å². The van der Waals surface area contributed by atoms with Gasteiger partial charge in [0.1, 0.15) is 6.15 Å². The van der Waals surface area contributed by atoms with Crippen molar-refractivity contribution in [1.82, 2.24) is 0 Å². The third-order valence-corrected chi connectivity index (χ3v) is 10.0. The minimum absolute atomic E-state index is 0.691. The number of alkyl halides is 24. The van der Waals surface area contributed by atoms with E-state index in [4.69, 9.17) is 0 Å². The Hall–Kier alpha value is -6.11. The van der Waals surface area contributed by atoms with E-state index in [0.29, 0.717) is 0 Å². The van der Waals surface area contributed by atoms with Crippen LogP contribution in [0.25, 0.3) is 10.8 Å². The second-order valence-corrected chi connectivity index (χ2v) is 14.5. The first kappa shape index (κ1) is 51.9. The highest BCUT2D eigenvalue weighted by molar-refractivity contribution is 7.20. The molecule has 360 valence electrons. The van der Waals surface area contributed by atoms with Crippen LogP contribution < -0.4 is 26.8 Å². The molecule has 1 N–H and O–H groups in total. The molecule has 6 rings (SSSR count). The zero-order chi connectivity index (χ0) is 50.7. The fourth-order valence-corrected chi connectivity index (χ4v) is 7.14. The van der Waals surface area contributed by atoms with Crippen molar-refractivity contribution in [2.24, 2.45) is 0 Å². The van der Waals surface area contributed by atoms with Crippen molar-refractivity contribution in [3.05, 3.63) is 160 Å². The molecule has 0 atom stereocenters. The molecular formula is C41H20BF24N. The average molecular weight is 993 g/mol. The summed E-state index contributed by atoms with van der Waals surface area (Å²) in [6, 6.07) is 1.53. The van der Waals surface area contributed by atoms with E-state index in [-0.39, 0.29) is 0 Å². The van der Waals surface area contributed by atoms with Gasteiger partial charge in [0.25, 0.3) is 0 Å². The maximum absolute atomic E-state index is 14.2. The fourth-order valence-electron chi connectivity index (χ4n) is 7.14. The van der Waals surface area contributed by atoms with Crippen molar-refractivity contribution in [3.63, 3.8) is 0 Å². The number of fused-ring (bicyclic) bond motifs is 1. The standard InChI is InChI=1S/C32H12BF24.C9H7N/c34-25(35,36)13-1-14(26(37,38)39)6-21(5-13)33(22-7-15(27(40,41)42)2-16(8-22)28(43,44)45,23-9-17(29(46,47)48)3-18(10-23)30(49,50)51)24-11-19(31(52,53)54)4-20(12-24)32(55,56)57;1-2-4-9-7-10-6-5-8(9)3-1/h1-12H;1-7H/q-1;/p+1. The lowest BCUT2D eigenvalue weighted by atomic mass is 9.12. The third-order valence-electron chi connectivity index (χ3n) is 10.0. The fraction of sp³-hybridized carbons (Fsp3) is 0.195. The van der Waals surface area contributed by atoms with Crippen LogP contribution in [0, 0.1) is 0 Å². The van der Waals surface area contributed by atoms with Gasteiger partial charge in [-0.1, -0.05) is 66.7 Å². The SMILES string of the molecule is FC(F)(F)c1cc([B-](c2cc(C(F)(F)F)cc(C(F)(F)F)c2)(c2cc(C(F)(F)F)cc(C(F)(F)F)c2)c2cc(C(F)(F)F)cc(C(F)(F)F)c2)cc(C(F)(F)F)c1.c1ccc2c[nH+]ccc2c1. The average Bonchev–Trinajstić information content (AvgIpc) is 3.18. The Bertz CT molecular complexity index is 2250. The summed E-state index contributed by atoms with van der Waals surface area (Å²) < 4.78 is 341. The Labute approximate surface area is 358 Å². The van der Waals surface area contributed by atoms with Gasteiger partial charge in [-0.25, -0.2) is 4.98 Å². The maximum atomic E-state index is 14.2. The number of pyridine rings is 1. The Morgan fingerprint density at radius 2 is 0.478 bits per heavy atom. The van der Waals surface area contributed by atoms with Crippen LogP contribution in [0.2, 0.25) is 0 Å². The minimum atomic E-state index is -6.13. The maximum Gasteiger partial charge on any atom is 0.416 e. The zero-order valence-corrected chi connectivity index (χ0v) is 32.1. The summed E-state index contributed by atoms with van der Waals surface area (Å²) in [5, 5.41) is 2.53. The molecular weight excluding hydrogens is 973 g/mol. The topological polar surface area (TPSA) is 14.1 Å². The van der Waals surface area contributed by atoms with E-state index < -0.39 is 195 Å². The van der Waals surface area contributed by atoms with Crippen LogP contribution in [-0.4, -0.2) is 6.15 Å². The van der Waals surface area contributed by atoms with Gasteiger partial charge in [0.05, 0.1) is 44.5 Å². The molecule has 0 spiro atoms. The molecule has 0 radical (unpaired) electrons. The molecule has 0 saturated heterocycles. The molecule has 1 nitrogen and oxygen atoms in total. The molecule has 0 aliphatic carbocycles. The van der Waals surface area contributed by atoms with Crippen LogP contribution in [-0.2, 0) is 49.4 Å². The first-order valence-corrected chi connectivity index (χ1v) is 17.9. The Morgan fingerprint density at radius 1 is 0.269 bits per heavy atom. The van der Waals surface area contributed by atoms with E-state index >= 15 is 0 Å². The van der Waals surface area contributed by atoms with Crippen molar-refractivity contribution in [3.8, 4) is 0 Å². The molecule has 5 aromatic carbocycles. The summed E-state index contributed by atoms with van der Waals surface area (Å²) in [7, 11) is 0. The van der Waals surface area contributed by atoms with Gasteiger partial charge in [-0.05, 0) is 35.7 Å². The van der Waals surface area contributed by atoms with Crippen LogP contribution in [0.5, 0.6) is 0 Å². The summed E-state index contributed by atoms with van der Waals surface area (Å²) in [6.45, 7) is 0. The van der Waals surface area contributed by atoms with Crippen molar-refractivity contribution < 1.29 is 110 Å². The molecule has 0 saturated carbocycles. The monoisotopic (exact) mass is 993 g/mol. The van der Waals surface area contributed by atoms with Gasteiger partial charge in [-0.2, -0.15) is 127 Å². The predicted octanol–water partition coefficient (Wildman–Crippen LogP) is 12.9. The van der Waals surface area contributed by atoms with Gasteiger partial charge in [0, 0.05) is 11.5 Å². The largest absolute Gasteiger partial charge is 0.416 e. The van der Waals surface area contributed by atoms with Crippen LogP contribution in [0.1, 0.15) is 44.5 Å². The molecule has 1 heterocycles. The Kier molecular flexibility index (Phi) is 13.3. The van der Waals surface area contributed by atoms with Gasteiger partial charge in [-0.15, -0.1) is 0 Å². The number of rotatable bonds is 4. The van der Waals surface area contributed by atoms with Gasteiger partial charge in [0.2, 0.25) is 0 Å². The van der Waals surface area contributed by atoms with Crippen molar-refractivity contribution >= 4 is 38.8 Å². The number of hydrogen-bond donors (Lipinski definition) is 0. The smallest absolute Gasteiger partial charge is 0.217 e. The highest BCUT2D eigenvalue weighted by Gasteiger charge is 2.47. The predicted molar refractivity (Wildman–Crippen MR) is 191 cm³/mol. The molecule has 0 aliphatic heterocycles. The number of aromatic nitrogens is 1. The molecule has 0 amide bonds.